The van der Waals surface area contributed by atoms with Crippen LogP contribution in [0.25, 0.3) is 0 Å². The van der Waals surface area contributed by atoms with Gasteiger partial charge in [-0.2, -0.15) is 0 Å². The zero-order valence-corrected chi connectivity index (χ0v) is 8.49. The minimum absolute atomic E-state index is 0.326. The Labute approximate surface area is 84.3 Å². The molecule has 0 bridgehead atoms. The molecule has 0 fully saturated rings. The SMILES string of the molecule is CCC(=O)CCCc1ccnc(N)c1. The maximum absolute atomic E-state index is 11.0. The first-order valence-electron chi connectivity index (χ1n) is 4.94. The largest absolute Gasteiger partial charge is 0.384 e. The Balaban J connectivity index is 2.35. The van der Waals surface area contributed by atoms with Gasteiger partial charge >= 0.3 is 0 Å². The van der Waals surface area contributed by atoms with Gasteiger partial charge in [0.15, 0.2) is 0 Å². The average molecular weight is 192 g/mol. The molecule has 0 aliphatic carbocycles. The maximum Gasteiger partial charge on any atom is 0.132 e. The fraction of sp³-hybridized carbons (Fsp3) is 0.455. The second-order valence-corrected chi connectivity index (χ2v) is 3.33. The van der Waals surface area contributed by atoms with Crippen molar-refractivity contribution in [1.82, 2.24) is 4.98 Å². The molecule has 76 valence electrons. The zero-order valence-electron chi connectivity index (χ0n) is 8.49. The van der Waals surface area contributed by atoms with Crippen LogP contribution in [0, 0.1) is 0 Å². The molecule has 3 nitrogen and oxygen atoms in total. The van der Waals surface area contributed by atoms with Crippen LogP contribution in [0.4, 0.5) is 5.82 Å². The number of aromatic nitrogens is 1. The van der Waals surface area contributed by atoms with E-state index in [1.807, 2.05) is 19.1 Å². The van der Waals surface area contributed by atoms with Crippen LogP contribution in [0.2, 0.25) is 0 Å². The van der Waals surface area contributed by atoms with Gasteiger partial charge in [0.25, 0.3) is 0 Å². The smallest absolute Gasteiger partial charge is 0.132 e. The Morgan fingerprint density at radius 1 is 1.57 bits per heavy atom. The third kappa shape index (κ3) is 3.56. The molecule has 1 heterocycles. The number of carbonyl (C=O) groups excluding carboxylic acids is 1. The van der Waals surface area contributed by atoms with E-state index in [1.165, 1.54) is 0 Å². The van der Waals surface area contributed by atoms with Gasteiger partial charge in [0.05, 0.1) is 0 Å². The fourth-order valence-corrected chi connectivity index (χ4v) is 1.32. The number of aryl methyl sites for hydroxylation is 1. The number of carbonyl (C=O) groups is 1. The number of anilines is 1. The van der Waals surface area contributed by atoms with Gasteiger partial charge in [0.2, 0.25) is 0 Å². The van der Waals surface area contributed by atoms with Crippen LogP contribution in [0.3, 0.4) is 0 Å². The number of nitrogens with two attached hydrogens (primary N) is 1. The molecule has 0 saturated heterocycles. The molecule has 1 aromatic heterocycles. The molecule has 0 amide bonds. The highest BCUT2D eigenvalue weighted by Crippen LogP contribution is 2.07. The number of hydrogen-bond donors (Lipinski definition) is 1. The highest BCUT2D eigenvalue weighted by atomic mass is 16.1. The Morgan fingerprint density at radius 2 is 2.36 bits per heavy atom. The Morgan fingerprint density at radius 3 is 3.00 bits per heavy atom. The second kappa shape index (κ2) is 5.37. The van der Waals surface area contributed by atoms with Gasteiger partial charge < -0.3 is 5.73 Å². The van der Waals surface area contributed by atoms with Crippen LogP contribution in [0.1, 0.15) is 31.7 Å². The van der Waals surface area contributed by atoms with Crippen molar-refractivity contribution >= 4 is 11.6 Å². The maximum atomic E-state index is 11.0. The van der Waals surface area contributed by atoms with Gasteiger partial charge in [0, 0.05) is 19.0 Å². The first-order chi connectivity index (χ1) is 6.72. The Hall–Kier alpha value is -1.38. The molecular formula is C11H16N2O. The van der Waals surface area contributed by atoms with Crippen LogP contribution in [0.5, 0.6) is 0 Å². The minimum atomic E-state index is 0.326. The minimum Gasteiger partial charge on any atom is -0.384 e. The Kier molecular flexibility index (Phi) is 4.11. The summed E-state index contributed by atoms with van der Waals surface area (Å²) in [4.78, 5) is 14.9. The lowest BCUT2D eigenvalue weighted by Gasteiger charge is -2.00. The zero-order chi connectivity index (χ0) is 10.4. The molecule has 1 aromatic rings. The van der Waals surface area contributed by atoms with Crippen LogP contribution in [-0.2, 0) is 11.2 Å². The number of pyridine rings is 1. The van der Waals surface area contributed by atoms with Gasteiger partial charge in [-0.1, -0.05) is 6.92 Å². The van der Waals surface area contributed by atoms with E-state index in [0.717, 1.165) is 18.4 Å². The summed E-state index contributed by atoms with van der Waals surface area (Å²) in [6.45, 7) is 1.90. The van der Waals surface area contributed by atoms with Crippen LogP contribution < -0.4 is 5.73 Å². The van der Waals surface area contributed by atoms with Crippen molar-refractivity contribution in [2.24, 2.45) is 0 Å². The number of Topliss-reactive ketones (excluding diaryl/α,β-unsaturated/α-hetero) is 1. The Bertz CT molecular complexity index is 310. The molecule has 2 N–H and O–H groups in total. The standard InChI is InChI=1S/C11H16N2O/c1-2-10(14)5-3-4-9-6-7-13-11(12)8-9/h6-8H,2-5H2,1H3,(H2,12,13). The quantitative estimate of drug-likeness (QED) is 0.776. The topological polar surface area (TPSA) is 56.0 Å². The molecule has 14 heavy (non-hydrogen) atoms. The van der Waals surface area contributed by atoms with Crippen molar-refractivity contribution in [2.45, 2.75) is 32.6 Å². The van der Waals surface area contributed by atoms with E-state index in [-0.39, 0.29) is 0 Å². The van der Waals surface area contributed by atoms with Crippen molar-refractivity contribution in [1.29, 1.82) is 0 Å². The second-order valence-electron chi connectivity index (χ2n) is 3.33. The van der Waals surface area contributed by atoms with Gasteiger partial charge in [-0.3, -0.25) is 4.79 Å². The molecule has 0 radical (unpaired) electrons. The van der Waals surface area contributed by atoms with Gasteiger partial charge in [-0.25, -0.2) is 4.98 Å². The predicted molar refractivity (Wildman–Crippen MR) is 56.9 cm³/mol. The van der Waals surface area contributed by atoms with Crippen molar-refractivity contribution in [3.8, 4) is 0 Å². The fourth-order valence-electron chi connectivity index (χ4n) is 1.32. The first kappa shape index (κ1) is 10.7. The third-order valence-corrected chi connectivity index (χ3v) is 2.16. The van der Waals surface area contributed by atoms with Crippen LogP contribution in [-0.4, -0.2) is 10.8 Å². The molecule has 0 aliphatic heterocycles. The average Bonchev–Trinajstić information content (AvgIpc) is 2.17. The van der Waals surface area contributed by atoms with E-state index in [1.54, 1.807) is 6.20 Å². The summed E-state index contributed by atoms with van der Waals surface area (Å²) < 4.78 is 0. The summed E-state index contributed by atoms with van der Waals surface area (Å²) in [5, 5.41) is 0. The number of rotatable bonds is 5. The lowest BCUT2D eigenvalue weighted by molar-refractivity contribution is -0.118. The molecule has 1 rings (SSSR count). The number of hydrogen-bond acceptors (Lipinski definition) is 3. The van der Waals surface area contributed by atoms with Crippen LogP contribution >= 0.6 is 0 Å². The van der Waals surface area contributed by atoms with E-state index in [4.69, 9.17) is 5.73 Å². The monoisotopic (exact) mass is 192 g/mol. The molecule has 3 heteroatoms. The van der Waals surface area contributed by atoms with Crippen molar-refractivity contribution in [2.75, 3.05) is 5.73 Å². The van der Waals surface area contributed by atoms with E-state index < -0.39 is 0 Å². The normalized spacial score (nSPS) is 10.1. The van der Waals surface area contributed by atoms with Crippen molar-refractivity contribution < 1.29 is 4.79 Å². The first-order valence-corrected chi connectivity index (χ1v) is 4.94. The lowest BCUT2D eigenvalue weighted by Crippen LogP contribution is -1.97. The van der Waals surface area contributed by atoms with Crippen LogP contribution in [0.15, 0.2) is 18.3 Å². The molecule has 0 unspecified atom stereocenters. The molecule has 0 saturated carbocycles. The molecule has 0 atom stereocenters. The summed E-state index contributed by atoms with van der Waals surface area (Å²) in [6, 6.07) is 3.79. The summed E-state index contributed by atoms with van der Waals surface area (Å²) in [7, 11) is 0. The van der Waals surface area contributed by atoms with Crippen molar-refractivity contribution in [3.05, 3.63) is 23.9 Å². The highest BCUT2D eigenvalue weighted by molar-refractivity contribution is 5.77. The lowest BCUT2D eigenvalue weighted by atomic mass is 10.1. The molecular weight excluding hydrogens is 176 g/mol. The van der Waals surface area contributed by atoms with E-state index in [0.29, 0.717) is 24.4 Å². The number of nitrogen functional groups attached to an aromatic ring is 1. The summed E-state index contributed by atoms with van der Waals surface area (Å²) in [5.74, 6) is 0.872. The third-order valence-electron chi connectivity index (χ3n) is 2.16. The van der Waals surface area contributed by atoms with E-state index >= 15 is 0 Å². The molecule has 0 aliphatic rings. The highest BCUT2D eigenvalue weighted by Gasteiger charge is 1.99. The van der Waals surface area contributed by atoms with Gasteiger partial charge in [-0.15, -0.1) is 0 Å². The van der Waals surface area contributed by atoms with Crippen molar-refractivity contribution in [3.63, 3.8) is 0 Å². The van der Waals surface area contributed by atoms with E-state index in [2.05, 4.69) is 4.98 Å². The summed E-state index contributed by atoms with van der Waals surface area (Å²) in [5.41, 5.74) is 6.69. The predicted octanol–water partition coefficient (Wildman–Crippen LogP) is 1.97. The number of nitrogens with zero attached hydrogens (tertiary/aromatic N) is 1. The summed E-state index contributed by atoms with van der Waals surface area (Å²) >= 11 is 0. The van der Waals surface area contributed by atoms with E-state index in [9.17, 15) is 4.79 Å². The van der Waals surface area contributed by atoms with Gasteiger partial charge in [0.1, 0.15) is 11.6 Å². The number of ketones is 1. The summed E-state index contributed by atoms with van der Waals surface area (Å²) in [6.07, 6.45) is 4.80. The molecule has 0 spiro atoms. The van der Waals surface area contributed by atoms with Gasteiger partial charge in [-0.05, 0) is 30.5 Å². The molecule has 0 aromatic carbocycles.